The van der Waals surface area contributed by atoms with Crippen molar-refractivity contribution < 1.29 is 22.6 Å². The maximum atomic E-state index is 13.1. The molecule has 0 radical (unpaired) electrons. The third-order valence-corrected chi connectivity index (χ3v) is 5.40. The Morgan fingerprint density at radius 1 is 0.941 bits per heavy atom. The largest absolute Gasteiger partial charge is 0.493 e. The number of ether oxygens (including phenoxy) is 2. The molecule has 0 fully saturated rings. The summed E-state index contributed by atoms with van der Waals surface area (Å²) in [7, 11) is 1.55. The fourth-order valence-electron chi connectivity index (χ4n) is 3.64. The van der Waals surface area contributed by atoms with Crippen LogP contribution < -0.4 is 14.8 Å². The molecule has 1 aromatic heterocycles. The highest BCUT2D eigenvalue weighted by atomic mass is 19.4. The Hall–Kier alpha value is -3.81. The Morgan fingerprint density at radius 2 is 1.71 bits per heavy atom. The molecular weight excluding hydrogens is 443 g/mol. The topological polar surface area (TPSA) is 56.3 Å². The third kappa shape index (κ3) is 5.22. The van der Waals surface area contributed by atoms with Crippen molar-refractivity contribution in [3.05, 3.63) is 89.2 Å². The van der Waals surface area contributed by atoms with Crippen LogP contribution in [-0.2, 0) is 12.8 Å². The molecule has 8 heteroatoms. The van der Waals surface area contributed by atoms with Crippen LogP contribution in [0.5, 0.6) is 11.5 Å². The summed E-state index contributed by atoms with van der Waals surface area (Å²) >= 11 is 0. The SMILES string of the molecule is COc1cc2c(N[C@H](C)c3cccc(C(F)(F)F)c3)nc(C)nc2cc1OCc1ccccc1. The fourth-order valence-corrected chi connectivity index (χ4v) is 3.64. The number of fused-ring (bicyclic) bond motifs is 1. The summed E-state index contributed by atoms with van der Waals surface area (Å²) in [6.07, 6.45) is -4.41. The second-order valence-electron chi connectivity index (χ2n) is 7.90. The molecule has 4 aromatic rings. The van der Waals surface area contributed by atoms with Gasteiger partial charge in [-0.05, 0) is 43.2 Å². The quantitative estimate of drug-likeness (QED) is 0.327. The van der Waals surface area contributed by atoms with Gasteiger partial charge in [0, 0.05) is 17.5 Å². The van der Waals surface area contributed by atoms with Crippen molar-refractivity contribution in [1.29, 1.82) is 0 Å². The lowest BCUT2D eigenvalue weighted by Crippen LogP contribution is -2.12. The zero-order valence-corrected chi connectivity index (χ0v) is 19.0. The monoisotopic (exact) mass is 467 g/mol. The number of nitrogens with one attached hydrogen (secondary N) is 1. The van der Waals surface area contributed by atoms with Crippen molar-refractivity contribution in [2.75, 3.05) is 12.4 Å². The van der Waals surface area contributed by atoms with Gasteiger partial charge < -0.3 is 14.8 Å². The van der Waals surface area contributed by atoms with Crippen LogP contribution >= 0.6 is 0 Å². The molecule has 0 spiro atoms. The summed E-state index contributed by atoms with van der Waals surface area (Å²) in [6.45, 7) is 3.91. The minimum Gasteiger partial charge on any atom is -0.493 e. The average molecular weight is 467 g/mol. The van der Waals surface area contributed by atoms with E-state index in [4.69, 9.17) is 9.47 Å². The van der Waals surface area contributed by atoms with Gasteiger partial charge in [0.25, 0.3) is 0 Å². The lowest BCUT2D eigenvalue weighted by atomic mass is 10.0. The molecule has 0 saturated carbocycles. The molecule has 0 saturated heterocycles. The van der Waals surface area contributed by atoms with Crippen LogP contribution in [0.25, 0.3) is 10.9 Å². The first-order chi connectivity index (χ1) is 16.2. The van der Waals surface area contributed by atoms with Crippen LogP contribution in [0.4, 0.5) is 19.0 Å². The second kappa shape index (κ2) is 9.59. The summed E-state index contributed by atoms with van der Waals surface area (Å²) in [5.74, 6) is 2.06. The molecule has 176 valence electrons. The molecular formula is C26H24F3N3O2. The lowest BCUT2D eigenvalue weighted by molar-refractivity contribution is -0.137. The summed E-state index contributed by atoms with van der Waals surface area (Å²) in [5, 5.41) is 3.91. The molecule has 0 aliphatic rings. The molecule has 34 heavy (non-hydrogen) atoms. The van der Waals surface area contributed by atoms with E-state index in [9.17, 15) is 13.2 Å². The third-order valence-electron chi connectivity index (χ3n) is 5.40. The van der Waals surface area contributed by atoms with Crippen molar-refractivity contribution in [2.45, 2.75) is 32.7 Å². The van der Waals surface area contributed by atoms with Crippen LogP contribution in [0.3, 0.4) is 0 Å². The molecule has 3 aromatic carbocycles. The number of aromatic nitrogens is 2. The van der Waals surface area contributed by atoms with Gasteiger partial charge in [-0.3, -0.25) is 0 Å². The first-order valence-electron chi connectivity index (χ1n) is 10.7. The van der Waals surface area contributed by atoms with E-state index in [0.717, 1.165) is 17.7 Å². The van der Waals surface area contributed by atoms with Gasteiger partial charge in [0.15, 0.2) is 11.5 Å². The number of methoxy groups -OCH3 is 1. The molecule has 1 N–H and O–H groups in total. The summed E-state index contributed by atoms with van der Waals surface area (Å²) in [5.41, 5.74) is 1.45. The molecule has 0 unspecified atom stereocenters. The number of rotatable bonds is 7. The van der Waals surface area contributed by atoms with Crippen LogP contribution in [0, 0.1) is 6.92 Å². The number of aryl methyl sites for hydroxylation is 1. The molecule has 5 nitrogen and oxygen atoms in total. The van der Waals surface area contributed by atoms with E-state index in [1.54, 1.807) is 39.2 Å². The van der Waals surface area contributed by atoms with Crippen LogP contribution in [-0.4, -0.2) is 17.1 Å². The van der Waals surface area contributed by atoms with E-state index in [-0.39, 0.29) is 0 Å². The highest BCUT2D eigenvalue weighted by Crippen LogP contribution is 2.36. The van der Waals surface area contributed by atoms with Crippen molar-refractivity contribution in [3.8, 4) is 11.5 Å². The van der Waals surface area contributed by atoms with E-state index >= 15 is 0 Å². The summed E-state index contributed by atoms with van der Waals surface area (Å²) < 4.78 is 51.0. The van der Waals surface area contributed by atoms with Gasteiger partial charge in [0.05, 0.1) is 18.2 Å². The average Bonchev–Trinajstić information content (AvgIpc) is 2.82. The lowest BCUT2D eigenvalue weighted by Gasteiger charge is -2.19. The Bertz CT molecular complexity index is 1290. The van der Waals surface area contributed by atoms with Crippen LogP contribution in [0.1, 0.15) is 35.5 Å². The maximum Gasteiger partial charge on any atom is 0.416 e. The molecule has 0 bridgehead atoms. The van der Waals surface area contributed by atoms with E-state index in [1.807, 2.05) is 30.3 Å². The summed E-state index contributed by atoms with van der Waals surface area (Å²) in [4.78, 5) is 9.01. The van der Waals surface area contributed by atoms with Gasteiger partial charge >= 0.3 is 6.18 Å². The normalized spacial score (nSPS) is 12.4. The molecule has 1 heterocycles. The highest BCUT2D eigenvalue weighted by Gasteiger charge is 2.30. The zero-order chi connectivity index (χ0) is 24.3. The number of hydrogen-bond acceptors (Lipinski definition) is 5. The van der Waals surface area contributed by atoms with Crippen molar-refractivity contribution >= 4 is 16.7 Å². The smallest absolute Gasteiger partial charge is 0.416 e. The highest BCUT2D eigenvalue weighted by molar-refractivity contribution is 5.92. The Kier molecular flexibility index (Phi) is 6.58. The van der Waals surface area contributed by atoms with Gasteiger partial charge in [-0.2, -0.15) is 13.2 Å². The minimum atomic E-state index is -4.41. The number of anilines is 1. The van der Waals surface area contributed by atoms with Crippen molar-refractivity contribution in [1.82, 2.24) is 9.97 Å². The van der Waals surface area contributed by atoms with Crippen LogP contribution in [0.15, 0.2) is 66.7 Å². The molecule has 0 amide bonds. The molecule has 0 aliphatic carbocycles. The molecule has 1 atom stereocenters. The number of nitrogens with zero attached hydrogens (tertiary/aromatic N) is 2. The number of alkyl halides is 3. The standard InChI is InChI=1S/C26H24F3N3O2/c1-16(19-10-7-11-20(12-19)26(27,28)29)30-25-21-13-23(33-3)24(14-22(21)31-17(2)32-25)34-15-18-8-5-4-6-9-18/h4-14,16H,15H2,1-3H3,(H,30,31,32)/t16-/m1/s1. The second-order valence-corrected chi connectivity index (χ2v) is 7.90. The van der Waals surface area contributed by atoms with E-state index < -0.39 is 17.8 Å². The van der Waals surface area contributed by atoms with E-state index in [2.05, 4.69) is 15.3 Å². The van der Waals surface area contributed by atoms with Gasteiger partial charge in [-0.15, -0.1) is 0 Å². The van der Waals surface area contributed by atoms with Crippen molar-refractivity contribution in [2.24, 2.45) is 0 Å². The molecule has 4 rings (SSSR count). The number of halogens is 3. The maximum absolute atomic E-state index is 13.1. The van der Waals surface area contributed by atoms with Gasteiger partial charge in [0.2, 0.25) is 0 Å². The zero-order valence-electron chi connectivity index (χ0n) is 19.0. The first-order valence-corrected chi connectivity index (χ1v) is 10.7. The van der Waals surface area contributed by atoms with E-state index in [0.29, 0.717) is 46.2 Å². The van der Waals surface area contributed by atoms with Crippen LogP contribution in [0.2, 0.25) is 0 Å². The summed E-state index contributed by atoms with van der Waals surface area (Å²) in [6, 6.07) is 18.1. The first kappa shape index (κ1) is 23.4. The fraction of sp³-hybridized carbons (Fsp3) is 0.231. The van der Waals surface area contributed by atoms with Gasteiger partial charge in [-0.25, -0.2) is 9.97 Å². The van der Waals surface area contributed by atoms with E-state index in [1.165, 1.54) is 6.07 Å². The Balaban J connectivity index is 1.65. The Morgan fingerprint density at radius 3 is 2.41 bits per heavy atom. The minimum absolute atomic E-state index is 0.366. The van der Waals surface area contributed by atoms with Crippen molar-refractivity contribution in [3.63, 3.8) is 0 Å². The Labute approximate surface area is 195 Å². The predicted octanol–water partition coefficient (Wildman–Crippen LogP) is 6.72. The number of hydrogen-bond donors (Lipinski definition) is 1. The predicted molar refractivity (Wildman–Crippen MR) is 125 cm³/mol. The van der Waals surface area contributed by atoms with Gasteiger partial charge in [0.1, 0.15) is 18.2 Å². The molecule has 0 aliphatic heterocycles. The number of benzene rings is 3. The van der Waals surface area contributed by atoms with Gasteiger partial charge in [-0.1, -0.05) is 42.5 Å².